The van der Waals surface area contributed by atoms with Crippen molar-refractivity contribution in [3.63, 3.8) is 0 Å². The molecule has 1 aliphatic rings. The minimum absolute atomic E-state index is 0.0620. The molecule has 4 nitrogen and oxygen atoms in total. The van der Waals surface area contributed by atoms with Crippen molar-refractivity contribution in [2.45, 2.75) is 39.3 Å². The molecule has 1 saturated heterocycles. The molecule has 110 valence electrons. The summed E-state index contributed by atoms with van der Waals surface area (Å²) < 4.78 is 5.56. The number of nitrogens with one attached hydrogen (secondary N) is 1. The van der Waals surface area contributed by atoms with Crippen LogP contribution in [-0.2, 0) is 4.74 Å². The maximum atomic E-state index is 12.8. The van der Waals surface area contributed by atoms with Crippen LogP contribution in [0.3, 0.4) is 0 Å². The zero-order chi connectivity index (χ0) is 14.7. The Bertz CT molecular complexity index is 487. The molecule has 0 aliphatic carbocycles. The van der Waals surface area contributed by atoms with Crippen molar-refractivity contribution >= 4 is 11.6 Å². The third-order valence-electron chi connectivity index (χ3n) is 3.93. The van der Waals surface area contributed by atoms with E-state index in [9.17, 15) is 4.79 Å². The van der Waals surface area contributed by atoms with E-state index in [1.54, 1.807) is 0 Å². The maximum absolute atomic E-state index is 12.8. The van der Waals surface area contributed by atoms with Crippen LogP contribution in [-0.4, -0.2) is 43.2 Å². The van der Waals surface area contributed by atoms with Crippen molar-refractivity contribution in [2.24, 2.45) is 0 Å². The number of benzene rings is 1. The Balaban J connectivity index is 2.25. The SMILES string of the molecule is CCNc1ccc(C)cc1C(=O)N(C)C1CCOC1C. The van der Waals surface area contributed by atoms with E-state index in [1.165, 1.54) is 0 Å². The fourth-order valence-corrected chi connectivity index (χ4v) is 2.75. The summed E-state index contributed by atoms with van der Waals surface area (Å²) in [5.74, 6) is 0.0620. The quantitative estimate of drug-likeness (QED) is 0.919. The van der Waals surface area contributed by atoms with Crippen LogP contribution in [0.5, 0.6) is 0 Å². The highest BCUT2D eigenvalue weighted by Crippen LogP contribution is 2.24. The van der Waals surface area contributed by atoms with E-state index in [2.05, 4.69) is 5.32 Å². The van der Waals surface area contributed by atoms with Crippen molar-refractivity contribution in [2.75, 3.05) is 25.5 Å². The van der Waals surface area contributed by atoms with Crippen LogP contribution in [0.15, 0.2) is 18.2 Å². The molecule has 1 N–H and O–H groups in total. The fourth-order valence-electron chi connectivity index (χ4n) is 2.75. The second kappa shape index (κ2) is 6.27. The zero-order valence-electron chi connectivity index (χ0n) is 12.8. The summed E-state index contributed by atoms with van der Waals surface area (Å²) in [5.41, 5.74) is 2.74. The van der Waals surface area contributed by atoms with Gasteiger partial charge in [-0.2, -0.15) is 0 Å². The minimum atomic E-state index is 0.0620. The summed E-state index contributed by atoms with van der Waals surface area (Å²) in [6.07, 6.45) is 1.02. The predicted octanol–water partition coefficient (Wildman–Crippen LogP) is 2.68. The lowest BCUT2D eigenvalue weighted by Crippen LogP contribution is -2.41. The van der Waals surface area contributed by atoms with Crippen LogP contribution in [0.25, 0.3) is 0 Å². The summed E-state index contributed by atoms with van der Waals surface area (Å²) in [7, 11) is 1.87. The molecule has 0 aromatic heterocycles. The zero-order valence-corrected chi connectivity index (χ0v) is 12.8. The number of likely N-dealkylation sites (N-methyl/N-ethyl adjacent to an activating group) is 1. The molecule has 2 rings (SSSR count). The topological polar surface area (TPSA) is 41.6 Å². The molecule has 1 fully saturated rings. The van der Waals surface area contributed by atoms with Crippen molar-refractivity contribution in [1.29, 1.82) is 0 Å². The van der Waals surface area contributed by atoms with Crippen molar-refractivity contribution in [3.05, 3.63) is 29.3 Å². The first-order valence-electron chi connectivity index (χ1n) is 7.28. The van der Waals surface area contributed by atoms with Crippen LogP contribution < -0.4 is 5.32 Å². The van der Waals surface area contributed by atoms with Crippen molar-refractivity contribution in [3.8, 4) is 0 Å². The molecule has 1 aromatic carbocycles. The van der Waals surface area contributed by atoms with Crippen LogP contribution in [0.2, 0.25) is 0 Å². The van der Waals surface area contributed by atoms with Gasteiger partial charge in [-0.3, -0.25) is 4.79 Å². The molecule has 1 amide bonds. The van der Waals surface area contributed by atoms with E-state index in [-0.39, 0.29) is 18.1 Å². The minimum Gasteiger partial charge on any atom is -0.385 e. The molecule has 1 heterocycles. The molecule has 0 saturated carbocycles. The lowest BCUT2D eigenvalue weighted by molar-refractivity contribution is 0.0575. The lowest BCUT2D eigenvalue weighted by Gasteiger charge is -2.27. The van der Waals surface area contributed by atoms with Gasteiger partial charge in [-0.05, 0) is 39.3 Å². The summed E-state index contributed by atoms with van der Waals surface area (Å²) in [6.45, 7) is 7.61. The second-order valence-corrected chi connectivity index (χ2v) is 5.43. The standard InChI is InChI=1S/C16H24N2O2/c1-5-17-14-7-6-11(2)10-13(14)16(19)18(4)15-8-9-20-12(15)3/h6-7,10,12,15,17H,5,8-9H2,1-4H3. The smallest absolute Gasteiger partial charge is 0.256 e. The highest BCUT2D eigenvalue weighted by molar-refractivity contribution is 6.00. The maximum Gasteiger partial charge on any atom is 0.256 e. The van der Waals surface area contributed by atoms with Crippen molar-refractivity contribution < 1.29 is 9.53 Å². The summed E-state index contributed by atoms with van der Waals surface area (Å²) in [6, 6.07) is 6.12. The molecular formula is C16H24N2O2. The van der Waals surface area contributed by atoms with Crippen LogP contribution in [0, 0.1) is 6.92 Å². The lowest BCUT2D eigenvalue weighted by atomic mass is 10.1. The van der Waals surface area contributed by atoms with E-state index in [0.717, 1.165) is 36.4 Å². The Morgan fingerprint density at radius 3 is 2.85 bits per heavy atom. The summed E-state index contributed by atoms with van der Waals surface area (Å²) >= 11 is 0. The Hall–Kier alpha value is -1.55. The Labute approximate surface area is 121 Å². The highest BCUT2D eigenvalue weighted by atomic mass is 16.5. The Kier molecular flexibility index (Phi) is 4.65. The van der Waals surface area contributed by atoms with Gasteiger partial charge in [0.1, 0.15) is 0 Å². The van der Waals surface area contributed by atoms with Crippen LogP contribution in [0.4, 0.5) is 5.69 Å². The number of nitrogens with zero attached hydrogens (tertiary/aromatic N) is 1. The van der Waals surface area contributed by atoms with Gasteiger partial charge in [0, 0.05) is 25.9 Å². The molecule has 20 heavy (non-hydrogen) atoms. The molecule has 4 heteroatoms. The van der Waals surface area contributed by atoms with Gasteiger partial charge in [0.15, 0.2) is 0 Å². The highest BCUT2D eigenvalue weighted by Gasteiger charge is 2.31. The molecule has 1 aromatic rings. The first-order valence-corrected chi connectivity index (χ1v) is 7.28. The fraction of sp³-hybridized carbons (Fsp3) is 0.562. The average Bonchev–Trinajstić information content (AvgIpc) is 2.85. The number of anilines is 1. The Morgan fingerprint density at radius 1 is 1.50 bits per heavy atom. The number of rotatable bonds is 4. The molecule has 0 radical (unpaired) electrons. The van der Waals surface area contributed by atoms with Gasteiger partial charge in [0.2, 0.25) is 0 Å². The molecular weight excluding hydrogens is 252 g/mol. The number of hydrogen-bond acceptors (Lipinski definition) is 3. The van der Waals surface area contributed by atoms with Crippen LogP contribution in [0.1, 0.15) is 36.2 Å². The van der Waals surface area contributed by atoms with Gasteiger partial charge in [-0.25, -0.2) is 0 Å². The first kappa shape index (κ1) is 14.9. The van der Waals surface area contributed by atoms with Gasteiger partial charge < -0.3 is 15.0 Å². The summed E-state index contributed by atoms with van der Waals surface area (Å²) in [5, 5.41) is 3.26. The van der Waals surface area contributed by atoms with Gasteiger partial charge in [0.05, 0.1) is 17.7 Å². The number of aryl methyl sites for hydroxylation is 1. The monoisotopic (exact) mass is 276 g/mol. The predicted molar refractivity (Wildman–Crippen MR) is 81.3 cm³/mol. The second-order valence-electron chi connectivity index (χ2n) is 5.43. The van der Waals surface area contributed by atoms with Gasteiger partial charge >= 0.3 is 0 Å². The third kappa shape index (κ3) is 2.96. The van der Waals surface area contributed by atoms with E-state index in [1.807, 2.05) is 50.9 Å². The van der Waals surface area contributed by atoms with Gasteiger partial charge in [-0.15, -0.1) is 0 Å². The largest absolute Gasteiger partial charge is 0.385 e. The molecule has 1 aliphatic heterocycles. The van der Waals surface area contributed by atoms with E-state index < -0.39 is 0 Å². The number of amides is 1. The first-order chi connectivity index (χ1) is 9.54. The number of hydrogen-bond donors (Lipinski definition) is 1. The van der Waals surface area contributed by atoms with E-state index in [0.29, 0.717) is 0 Å². The average molecular weight is 276 g/mol. The van der Waals surface area contributed by atoms with E-state index >= 15 is 0 Å². The molecule has 0 bridgehead atoms. The third-order valence-corrected chi connectivity index (χ3v) is 3.93. The van der Waals surface area contributed by atoms with Crippen LogP contribution >= 0.6 is 0 Å². The number of carbonyl (C=O) groups is 1. The molecule has 2 atom stereocenters. The van der Waals surface area contributed by atoms with Gasteiger partial charge in [-0.1, -0.05) is 11.6 Å². The molecule has 2 unspecified atom stereocenters. The van der Waals surface area contributed by atoms with Gasteiger partial charge in [0.25, 0.3) is 5.91 Å². The normalized spacial score (nSPS) is 21.8. The van der Waals surface area contributed by atoms with E-state index in [4.69, 9.17) is 4.74 Å². The number of carbonyl (C=O) groups excluding carboxylic acids is 1. The molecule has 0 spiro atoms. The van der Waals surface area contributed by atoms with Crippen molar-refractivity contribution in [1.82, 2.24) is 4.90 Å². The Morgan fingerprint density at radius 2 is 2.25 bits per heavy atom. The number of ether oxygens (including phenoxy) is 1. The summed E-state index contributed by atoms with van der Waals surface area (Å²) in [4.78, 5) is 14.6.